The molecule has 3 rings (SSSR count). The minimum absolute atomic E-state index is 0.250. The van der Waals surface area contributed by atoms with E-state index >= 15 is 0 Å². The number of carbonyl (C=O) groups is 2. The van der Waals surface area contributed by atoms with E-state index in [0.717, 1.165) is 10.8 Å². The average Bonchev–Trinajstić information content (AvgIpc) is 2.80. The van der Waals surface area contributed by atoms with Gasteiger partial charge in [-0.1, -0.05) is 49.7 Å². The summed E-state index contributed by atoms with van der Waals surface area (Å²) in [5.74, 6) is 0.196. The third-order valence-electron chi connectivity index (χ3n) is 5.38. The predicted octanol–water partition coefficient (Wildman–Crippen LogP) is 6.86. The highest BCUT2D eigenvalue weighted by Crippen LogP contribution is 2.44. The molecular weight excluding hydrogens is 468 g/mol. The molecule has 0 radical (unpaired) electrons. The molecule has 0 amide bonds. The van der Waals surface area contributed by atoms with E-state index in [0.29, 0.717) is 40.1 Å². The van der Waals surface area contributed by atoms with Gasteiger partial charge in [-0.05, 0) is 58.7 Å². The lowest BCUT2D eigenvalue weighted by Crippen LogP contribution is -2.31. The van der Waals surface area contributed by atoms with Gasteiger partial charge in [0.2, 0.25) is 0 Å². The fourth-order valence-electron chi connectivity index (χ4n) is 3.82. The van der Waals surface area contributed by atoms with Crippen molar-refractivity contribution in [3.05, 3.63) is 47.5 Å². The van der Waals surface area contributed by atoms with Gasteiger partial charge in [0.15, 0.2) is 12.2 Å². The summed E-state index contributed by atoms with van der Waals surface area (Å²) in [6, 6.07) is 12.9. The SMILES string of the molecule is CCC(Oc1c2ccccc2c(OC(CC)C(=O)OC(C)C)c2cc(Cl)ccc12)C(=O)OC(C)C. The van der Waals surface area contributed by atoms with E-state index in [1.54, 1.807) is 39.8 Å². The van der Waals surface area contributed by atoms with Gasteiger partial charge in [-0.2, -0.15) is 0 Å². The van der Waals surface area contributed by atoms with E-state index in [1.165, 1.54) is 0 Å². The maximum Gasteiger partial charge on any atom is 0.347 e. The number of benzene rings is 3. The lowest BCUT2D eigenvalue weighted by atomic mass is 10.00. The van der Waals surface area contributed by atoms with Crippen molar-refractivity contribution in [2.75, 3.05) is 0 Å². The highest BCUT2D eigenvalue weighted by molar-refractivity contribution is 6.31. The molecule has 0 spiro atoms. The van der Waals surface area contributed by atoms with Crippen LogP contribution in [0.1, 0.15) is 54.4 Å². The van der Waals surface area contributed by atoms with Gasteiger partial charge < -0.3 is 18.9 Å². The van der Waals surface area contributed by atoms with Gasteiger partial charge in [0, 0.05) is 26.6 Å². The zero-order valence-corrected chi connectivity index (χ0v) is 21.8. The summed E-state index contributed by atoms with van der Waals surface area (Å²) in [7, 11) is 0. The topological polar surface area (TPSA) is 71.1 Å². The molecular formula is C28H33ClO6. The van der Waals surface area contributed by atoms with Crippen LogP contribution in [0.2, 0.25) is 5.02 Å². The second-order valence-electron chi connectivity index (χ2n) is 8.89. The first-order valence-electron chi connectivity index (χ1n) is 12.0. The van der Waals surface area contributed by atoms with Crippen LogP contribution in [0.5, 0.6) is 11.5 Å². The molecule has 0 fully saturated rings. The molecule has 0 saturated carbocycles. The molecule has 0 N–H and O–H groups in total. The Morgan fingerprint density at radius 1 is 0.714 bits per heavy atom. The molecule has 0 saturated heterocycles. The predicted molar refractivity (Wildman–Crippen MR) is 138 cm³/mol. The Morgan fingerprint density at radius 3 is 1.57 bits per heavy atom. The van der Waals surface area contributed by atoms with E-state index in [4.69, 9.17) is 30.5 Å². The molecule has 0 bridgehead atoms. The zero-order chi connectivity index (χ0) is 25.7. The fourth-order valence-corrected chi connectivity index (χ4v) is 3.99. The first-order valence-corrected chi connectivity index (χ1v) is 12.4. The molecule has 188 valence electrons. The van der Waals surface area contributed by atoms with Gasteiger partial charge in [0.05, 0.1) is 12.2 Å². The molecule has 0 heterocycles. The normalized spacial score (nSPS) is 13.2. The van der Waals surface area contributed by atoms with E-state index < -0.39 is 24.1 Å². The Morgan fingerprint density at radius 2 is 1.14 bits per heavy atom. The van der Waals surface area contributed by atoms with Crippen LogP contribution in [-0.2, 0) is 19.1 Å². The highest BCUT2D eigenvalue weighted by Gasteiger charge is 2.27. The maximum atomic E-state index is 12.7. The first-order chi connectivity index (χ1) is 16.7. The summed E-state index contributed by atoms with van der Waals surface area (Å²) in [4.78, 5) is 25.4. The van der Waals surface area contributed by atoms with Gasteiger partial charge in [-0.15, -0.1) is 0 Å². The smallest absolute Gasteiger partial charge is 0.347 e. The molecule has 2 atom stereocenters. The van der Waals surface area contributed by atoms with Crippen molar-refractivity contribution in [3.8, 4) is 11.5 Å². The third-order valence-corrected chi connectivity index (χ3v) is 5.61. The van der Waals surface area contributed by atoms with Crippen LogP contribution in [-0.4, -0.2) is 36.4 Å². The van der Waals surface area contributed by atoms with Gasteiger partial charge in [-0.25, -0.2) is 9.59 Å². The molecule has 0 aliphatic heterocycles. The van der Waals surface area contributed by atoms with Gasteiger partial charge >= 0.3 is 11.9 Å². The molecule has 35 heavy (non-hydrogen) atoms. The van der Waals surface area contributed by atoms with Gasteiger partial charge in [-0.3, -0.25) is 0 Å². The Labute approximate surface area is 211 Å². The number of hydrogen-bond acceptors (Lipinski definition) is 6. The van der Waals surface area contributed by atoms with Crippen molar-refractivity contribution in [1.29, 1.82) is 0 Å². The van der Waals surface area contributed by atoms with Crippen LogP contribution in [0.4, 0.5) is 0 Å². The Kier molecular flexibility index (Phi) is 8.84. The van der Waals surface area contributed by atoms with Crippen molar-refractivity contribution < 1.29 is 28.5 Å². The lowest BCUT2D eigenvalue weighted by molar-refractivity contribution is -0.156. The monoisotopic (exact) mass is 500 g/mol. The molecule has 2 unspecified atom stereocenters. The molecule has 0 aromatic heterocycles. The van der Waals surface area contributed by atoms with Crippen LogP contribution in [0.3, 0.4) is 0 Å². The Balaban J connectivity index is 2.19. The lowest BCUT2D eigenvalue weighted by Gasteiger charge is -2.24. The molecule has 7 heteroatoms. The van der Waals surface area contributed by atoms with E-state index in [1.807, 2.05) is 44.2 Å². The molecule has 0 aliphatic rings. The number of esters is 2. The zero-order valence-electron chi connectivity index (χ0n) is 21.1. The second kappa shape index (κ2) is 11.6. The van der Waals surface area contributed by atoms with E-state index in [9.17, 15) is 9.59 Å². The van der Waals surface area contributed by atoms with E-state index in [2.05, 4.69) is 0 Å². The number of rotatable bonds is 10. The molecule has 6 nitrogen and oxygen atoms in total. The van der Waals surface area contributed by atoms with Crippen LogP contribution in [0, 0.1) is 0 Å². The molecule has 3 aromatic carbocycles. The number of ether oxygens (including phenoxy) is 4. The van der Waals surface area contributed by atoms with Crippen LogP contribution in [0.15, 0.2) is 42.5 Å². The minimum atomic E-state index is -0.792. The van der Waals surface area contributed by atoms with Crippen LogP contribution in [0.25, 0.3) is 21.5 Å². The minimum Gasteiger partial charge on any atom is -0.477 e. The molecule has 3 aromatic rings. The summed E-state index contributed by atoms with van der Waals surface area (Å²) >= 11 is 6.37. The Bertz CT molecular complexity index is 1200. The summed E-state index contributed by atoms with van der Waals surface area (Å²) in [6.07, 6.45) is -1.21. The van der Waals surface area contributed by atoms with E-state index in [-0.39, 0.29) is 12.2 Å². The Hall–Kier alpha value is -2.99. The summed E-state index contributed by atoms with van der Waals surface area (Å²) < 4.78 is 23.4. The quantitative estimate of drug-likeness (QED) is 0.223. The largest absolute Gasteiger partial charge is 0.477 e. The van der Waals surface area contributed by atoms with Crippen LogP contribution >= 0.6 is 11.6 Å². The summed E-state index contributed by atoms with van der Waals surface area (Å²) in [6.45, 7) is 11.0. The first kappa shape index (κ1) is 26.6. The highest BCUT2D eigenvalue weighted by atomic mass is 35.5. The summed E-state index contributed by atoms with van der Waals surface area (Å²) in [5.41, 5.74) is 0. The third kappa shape index (κ3) is 6.17. The average molecular weight is 501 g/mol. The summed E-state index contributed by atoms with van der Waals surface area (Å²) in [5, 5.41) is 3.38. The van der Waals surface area contributed by atoms with Gasteiger partial charge in [0.1, 0.15) is 11.5 Å². The van der Waals surface area contributed by atoms with Crippen molar-refractivity contribution in [2.24, 2.45) is 0 Å². The number of carbonyl (C=O) groups excluding carboxylic acids is 2. The van der Waals surface area contributed by atoms with Crippen molar-refractivity contribution >= 4 is 45.1 Å². The number of halogens is 1. The number of fused-ring (bicyclic) bond motifs is 2. The number of hydrogen-bond donors (Lipinski definition) is 0. The molecule has 0 aliphatic carbocycles. The maximum absolute atomic E-state index is 12.7. The van der Waals surface area contributed by atoms with Gasteiger partial charge in [0.25, 0.3) is 0 Å². The van der Waals surface area contributed by atoms with Crippen molar-refractivity contribution in [3.63, 3.8) is 0 Å². The van der Waals surface area contributed by atoms with Crippen LogP contribution < -0.4 is 9.47 Å². The standard InChI is InChI=1S/C28H33ClO6/c1-7-23(27(30)32-16(3)4)34-25-19-11-9-10-12-20(19)26(22-15-18(29)13-14-21(22)25)35-24(8-2)28(31)33-17(5)6/h9-17,23-24H,7-8H2,1-6H3. The van der Waals surface area contributed by atoms with Crippen molar-refractivity contribution in [2.45, 2.75) is 78.8 Å². The fraction of sp³-hybridized carbons (Fsp3) is 0.429. The van der Waals surface area contributed by atoms with Crippen molar-refractivity contribution in [1.82, 2.24) is 0 Å². The second-order valence-corrected chi connectivity index (χ2v) is 9.33.